The molecular formula is C19H30F3N5O2S. The number of aryl methyl sites for hydroxylation is 2. The predicted molar refractivity (Wildman–Crippen MR) is 111 cm³/mol. The zero-order chi connectivity index (χ0) is 22.4. The molecule has 1 saturated heterocycles. The van der Waals surface area contributed by atoms with Crippen LogP contribution in [0.15, 0.2) is 28.1 Å². The number of hydrogen-bond donors (Lipinski definition) is 3. The summed E-state index contributed by atoms with van der Waals surface area (Å²) in [6.45, 7) is 6.06. The minimum Gasteiger partial charge on any atom is -0.357 e. The molecule has 0 saturated carbocycles. The Balaban J connectivity index is 1.88. The second kappa shape index (κ2) is 10.5. The standard InChI is InChI=1S/C19H30F3N5O2S/c1-4-23-18(26-16-7-10-27(12-16)13-19(20,21)22)24-8-9-25-30(28,29)17-11-14(2)5-6-15(17)3/h5-6,11,16,25H,4,7-10,12-13H2,1-3H3,(H2,23,24,26). The number of nitrogens with zero attached hydrogens (tertiary/aromatic N) is 2. The van der Waals surface area contributed by atoms with E-state index in [4.69, 9.17) is 0 Å². The van der Waals surface area contributed by atoms with Crippen LogP contribution in [-0.2, 0) is 10.0 Å². The summed E-state index contributed by atoms with van der Waals surface area (Å²) >= 11 is 0. The van der Waals surface area contributed by atoms with Gasteiger partial charge in [-0.2, -0.15) is 13.2 Å². The number of rotatable bonds is 8. The van der Waals surface area contributed by atoms with Crippen LogP contribution in [0.4, 0.5) is 13.2 Å². The number of alkyl halides is 3. The monoisotopic (exact) mass is 449 g/mol. The molecule has 0 aromatic heterocycles. The largest absolute Gasteiger partial charge is 0.401 e. The van der Waals surface area contributed by atoms with Crippen LogP contribution >= 0.6 is 0 Å². The lowest BCUT2D eigenvalue weighted by Gasteiger charge is -2.19. The zero-order valence-electron chi connectivity index (χ0n) is 17.5. The van der Waals surface area contributed by atoms with Crippen molar-refractivity contribution < 1.29 is 21.6 Å². The van der Waals surface area contributed by atoms with Crippen molar-refractivity contribution in [2.75, 3.05) is 39.3 Å². The van der Waals surface area contributed by atoms with Crippen molar-refractivity contribution in [1.29, 1.82) is 0 Å². The van der Waals surface area contributed by atoms with Crippen LogP contribution in [0.3, 0.4) is 0 Å². The number of halogens is 3. The molecule has 0 amide bonds. The number of sulfonamides is 1. The van der Waals surface area contributed by atoms with E-state index in [1.54, 1.807) is 19.1 Å². The molecule has 0 bridgehead atoms. The maximum atomic E-state index is 12.5. The second-order valence-corrected chi connectivity index (χ2v) is 9.14. The first-order valence-corrected chi connectivity index (χ1v) is 11.4. The van der Waals surface area contributed by atoms with Crippen LogP contribution in [0.1, 0.15) is 24.5 Å². The summed E-state index contributed by atoms with van der Waals surface area (Å²) in [6, 6.07) is 5.10. The third-order valence-electron chi connectivity index (χ3n) is 4.67. The van der Waals surface area contributed by atoms with E-state index < -0.39 is 22.7 Å². The molecule has 0 aliphatic carbocycles. The van der Waals surface area contributed by atoms with Gasteiger partial charge in [-0.1, -0.05) is 12.1 Å². The second-order valence-electron chi connectivity index (χ2n) is 7.41. The maximum absolute atomic E-state index is 12.5. The van der Waals surface area contributed by atoms with Crippen molar-refractivity contribution in [3.63, 3.8) is 0 Å². The van der Waals surface area contributed by atoms with Gasteiger partial charge in [0.05, 0.1) is 18.0 Å². The molecule has 1 fully saturated rings. The highest BCUT2D eigenvalue weighted by Crippen LogP contribution is 2.20. The molecule has 1 heterocycles. The first kappa shape index (κ1) is 24.4. The van der Waals surface area contributed by atoms with Crippen molar-refractivity contribution in [2.24, 2.45) is 4.99 Å². The lowest BCUT2D eigenvalue weighted by atomic mass is 10.2. The Kier molecular flexibility index (Phi) is 8.51. The fraction of sp³-hybridized carbons (Fsp3) is 0.632. The Morgan fingerprint density at radius 2 is 2.03 bits per heavy atom. The molecular weight excluding hydrogens is 419 g/mol. The third-order valence-corrected chi connectivity index (χ3v) is 6.27. The van der Waals surface area contributed by atoms with Crippen molar-refractivity contribution in [3.8, 4) is 0 Å². The lowest BCUT2D eigenvalue weighted by Crippen LogP contribution is -2.45. The molecule has 1 atom stereocenters. The van der Waals surface area contributed by atoms with Crippen LogP contribution in [-0.4, -0.2) is 70.8 Å². The van der Waals surface area contributed by atoms with E-state index in [2.05, 4.69) is 20.3 Å². The summed E-state index contributed by atoms with van der Waals surface area (Å²) in [4.78, 5) is 5.94. The van der Waals surface area contributed by atoms with Crippen molar-refractivity contribution in [1.82, 2.24) is 20.3 Å². The van der Waals surface area contributed by atoms with Gasteiger partial charge in [-0.05, 0) is 44.4 Å². The van der Waals surface area contributed by atoms with E-state index in [0.717, 1.165) is 5.56 Å². The first-order valence-electron chi connectivity index (χ1n) is 9.91. The molecule has 30 heavy (non-hydrogen) atoms. The number of aliphatic imine (C=N–C) groups is 1. The Hall–Kier alpha value is -1.85. The van der Waals surface area contributed by atoms with Gasteiger partial charge >= 0.3 is 6.18 Å². The van der Waals surface area contributed by atoms with E-state index >= 15 is 0 Å². The van der Waals surface area contributed by atoms with Crippen LogP contribution in [0.5, 0.6) is 0 Å². The zero-order valence-corrected chi connectivity index (χ0v) is 18.3. The molecule has 1 unspecified atom stereocenters. The minimum absolute atomic E-state index is 0.108. The number of hydrogen-bond acceptors (Lipinski definition) is 4. The Bertz CT molecular complexity index is 843. The Labute approximate surface area is 176 Å². The van der Waals surface area contributed by atoms with E-state index in [9.17, 15) is 21.6 Å². The van der Waals surface area contributed by atoms with Gasteiger partial charge in [-0.15, -0.1) is 0 Å². The highest BCUT2D eigenvalue weighted by Gasteiger charge is 2.34. The van der Waals surface area contributed by atoms with Gasteiger partial charge in [0.25, 0.3) is 0 Å². The van der Waals surface area contributed by atoms with Crippen molar-refractivity contribution in [2.45, 2.75) is 44.3 Å². The quantitative estimate of drug-likeness (QED) is 0.320. The average molecular weight is 450 g/mol. The number of nitrogens with one attached hydrogen (secondary N) is 3. The summed E-state index contributed by atoms with van der Waals surface area (Å²) < 4.78 is 65.2. The summed E-state index contributed by atoms with van der Waals surface area (Å²) in [5.74, 6) is 0.460. The van der Waals surface area contributed by atoms with Crippen molar-refractivity contribution >= 4 is 16.0 Å². The summed E-state index contributed by atoms with van der Waals surface area (Å²) in [5.41, 5.74) is 1.52. The highest BCUT2D eigenvalue weighted by molar-refractivity contribution is 7.89. The van der Waals surface area contributed by atoms with E-state index in [1.807, 2.05) is 19.9 Å². The average Bonchev–Trinajstić information content (AvgIpc) is 3.05. The fourth-order valence-electron chi connectivity index (χ4n) is 3.28. The molecule has 1 aromatic carbocycles. The smallest absolute Gasteiger partial charge is 0.357 e. The normalized spacial score (nSPS) is 18.6. The molecule has 1 aliphatic heterocycles. The number of likely N-dealkylation sites (tertiary alicyclic amines) is 1. The minimum atomic E-state index is -4.21. The van der Waals surface area contributed by atoms with Crippen LogP contribution in [0.25, 0.3) is 0 Å². The molecule has 7 nitrogen and oxygen atoms in total. The maximum Gasteiger partial charge on any atom is 0.401 e. The van der Waals surface area contributed by atoms with Gasteiger partial charge in [0.1, 0.15) is 0 Å². The van der Waals surface area contributed by atoms with Gasteiger partial charge < -0.3 is 10.6 Å². The summed E-state index contributed by atoms with van der Waals surface area (Å²) in [6.07, 6.45) is -3.62. The Morgan fingerprint density at radius 1 is 1.30 bits per heavy atom. The molecule has 170 valence electrons. The SMILES string of the molecule is CCNC(=NCCNS(=O)(=O)c1cc(C)ccc1C)NC1CCN(CC(F)(F)F)C1. The predicted octanol–water partition coefficient (Wildman–Crippen LogP) is 1.77. The highest BCUT2D eigenvalue weighted by atomic mass is 32.2. The molecule has 1 aliphatic rings. The number of benzene rings is 1. The molecule has 3 N–H and O–H groups in total. The number of guanidine groups is 1. The van der Waals surface area contributed by atoms with Gasteiger partial charge in [-0.3, -0.25) is 9.89 Å². The van der Waals surface area contributed by atoms with Crippen LogP contribution in [0.2, 0.25) is 0 Å². The summed E-state index contributed by atoms with van der Waals surface area (Å²) in [7, 11) is -3.64. The van der Waals surface area contributed by atoms with E-state index in [-0.39, 0.29) is 30.6 Å². The molecule has 11 heteroatoms. The topological polar surface area (TPSA) is 85.8 Å². The molecule has 0 radical (unpaired) electrons. The van der Waals surface area contributed by atoms with Gasteiger partial charge in [0.2, 0.25) is 10.0 Å². The third kappa shape index (κ3) is 7.77. The van der Waals surface area contributed by atoms with Gasteiger partial charge in [-0.25, -0.2) is 13.1 Å². The lowest BCUT2D eigenvalue weighted by molar-refractivity contribution is -0.143. The van der Waals surface area contributed by atoms with Crippen LogP contribution in [0, 0.1) is 13.8 Å². The molecule has 2 rings (SSSR count). The van der Waals surface area contributed by atoms with E-state index in [1.165, 1.54) is 4.90 Å². The molecule has 1 aromatic rings. The fourth-order valence-corrected chi connectivity index (χ4v) is 4.63. The van der Waals surface area contributed by atoms with Crippen molar-refractivity contribution in [3.05, 3.63) is 29.3 Å². The first-order chi connectivity index (χ1) is 14.0. The van der Waals surface area contributed by atoms with E-state index in [0.29, 0.717) is 31.0 Å². The summed E-state index contributed by atoms with van der Waals surface area (Å²) in [5, 5.41) is 6.17. The van der Waals surface area contributed by atoms with Crippen LogP contribution < -0.4 is 15.4 Å². The Morgan fingerprint density at radius 3 is 2.70 bits per heavy atom. The van der Waals surface area contributed by atoms with Gasteiger partial charge in [0.15, 0.2) is 5.96 Å². The molecule has 0 spiro atoms. The van der Waals surface area contributed by atoms with Gasteiger partial charge in [0, 0.05) is 32.2 Å².